The maximum atomic E-state index is 5.86. The maximum Gasteiger partial charge on any atom is 0.239 e. The lowest BCUT2D eigenvalue weighted by Crippen LogP contribution is -2.12. The SMILES string of the molecule is CCCOc1nc(N(C)c2ccccc2)ccc1N. The Morgan fingerprint density at radius 1 is 1.16 bits per heavy atom. The molecule has 0 atom stereocenters. The van der Waals surface area contributed by atoms with Crippen molar-refractivity contribution in [2.45, 2.75) is 13.3 Å². The standard InChI is InChI=1S/C15H19N3O/c1-3-11-19-15-13(16)9-10-14(17-15)18(2)12-7-5-4-6-8-12/h4-10H,3,11,16H2,1-2H3. The van der Waals surface area contributed by atoms with Gasteiger partial charge in [0, 0.05) is 12.7 Å². The van der Waals surface area contributed by atoms with Gasteiger partial charge in [0.2, 0.25) is 5.88 Å². The summed E-state index contributed by atoms with van der Waals surface area (Å²) in [6.45, 7) is 2.67. The fourth-order valence-electron chi connectivity index (χ4n) is 1.73. The molecule has 2 aromatic rings. The van der Waals surface area contributed by atoms with Gasteiger partial charge < -0.3 is 15.4 Å². The summed E-state index contributed by atoms with van der Waals surface area (Å²) < 4.78 is 5.55. The minimum Gasteiger partial charge on any atom is -0.476 e. The second-order valence-electron chi connectivity index (χ2n) is 4.31. The number of rotatable bonds is 5. The molecule has 0 bridgehead atoms. The molecule has 100 valence electrons. The van der Waals surface area contributed by atoms with Crippen LogP contribution in [-0.2, 0) is 0 Å². The summed E-state index contributed by atoms with van der Waals surface area (Å²) in [5, 5.41) is 0. The van der Waals surface area contributed by atoms with Crippen LogP contribution in [0.15, 0.2) is 42.5 Å². The Kier molecular flexibility index (Phi) is 4.23. The normalized spacial score (nSPS) is 10.2. The van der Waals surface area contributed by atoms with Crippen LogP contribution in [0.5, 0.6) is 5.88 Å². The molecule has 0 fully saturated rings. The lowest BCUT2D eigenvalue weighted by Gasteiger charge is -2.19. The van der Waals surface area contributed by atoms with Gasteiger partial charge in [0.05, 0.1) is 12.3 Å². The lowest BCUT2D eigenvalue weighted by molar-refractivity contribution is 0.307. The van der Waals surface area contributed by atoms with Crippen LogP contribution >= 0.6 is 0 Å². The molecule has 0 radical (unpaired) electrons. The van der Waals surface area contributed by atoms with Crippen LogP contribution < -0.4 is 15.4 Å². The van der Waals surface area contributed by atoms with Gasteiger partial charge in [0.1, 0.15) is 5.82 Å². The third kappa shape index (κ3) is 3.16. The number of hydrogen-bond donors (Lipinski definition) is 1. The molecule has 0 spiro atoms. The Hall–Kier alpha value is -2.23. The van der Waals surface area contributed by atoms with Gasteiger partial charge in [-0.05, 0) is 30.7 Å². The second kappa shape index (κ2) is 6.09. The number of benzene rings is 1. The predicted octanol–water partition coefficient (Wildman–Crippen LogP) is 3.22. The number of anilines is 3. The van der Waals surface area contributed by atoms with Crippen LogP contribution in [0.25, 0.3) is 0 Å². The highest BCUT2D eigenvalue weighted by molar-refractivity contribution is 5.62. The Morgan fingerprint density at radius 3 is 2.58 bits per heavy atom. The van der Waals surface area contributed by atoms with Gasteiger partial charge in [-0.3, -0.25) is 0 Å². The van der Waals surface area contributed by atoms with Crippen molar-refractivity contribution >= 4 is 17.2 Å². The number of hydrogen-bond acceptors (Lipinski definition) is 4. The van der Waals surface area contributed by atoms with E-state index >= 15 is 0 Å². The first-order chi connectivity index (χ1) is 9.22. The van der Waals surface area contributed by atoms with Crippen molar-refractivity contribution in [1.82, 2.24) is 4.98 Å². The molecule has 1 heterocycles. The van der Waals surface area contributed by atoms with E-state index in [4.69, 9.17) is 10.5 Å². The van der Waals surface area contributed by atoms with Gasteiger partial charge in [-0.15, -0.1) is 0 Å². The van der Waals surface area contributed by atoms with Crippen molar-refractivity contribution in [3.63, 3.8) is 0 Å². The summed E-state index contributed by atoms with van der Waals surface area (Å²) in [5.41, 5.74) is 7.50. The highest BCUT2D eigenvalue weighted by Crippen LogP contribution is 2.26. The van der Waals surface area contributed by atoms with E-state index in [2.05, 4.69) is 11.9 Å². The van der Waals surface area contributed by atoms with Crippen LogP contribution in [0, 0.1) is 0 Å². The molecule has 19 heavy (non-hydrogen) atoms. The monoisotopic (exact) mass is 257 g/mol. The van der Waals surface area contributed by atoms with Crippen molar-refractivity contribution in [2.75, 3.05) is 24.3 Å². The van der Waals surface area contributed by atoms with Crippen molar-refractivity contribution in [1.29, 1.82) is 0 Å². The van der Waals surface area contributed by atoms with Crippen molar-refractivity contribution in [2.24, 2.45) is 0 Å². The van der Waals surface area contributed by atoms with E-state index in [0.717, 1.165) is 17.9 Å². The van der Waals surface area contributed by atoms with Crippen LogP contribution in [0.1, 0.15) is 13.3 Å². The summed E-state index contributed by atoms with van der Waals surface area (Å²) in [5.74, 6) is 1.31. The molecule has 2 rings (SSSR count). The molecule has 0 aliphatic carbocycles. The molecule has 0 aliphatic heterocycles. The number of pyridine rings is 1. The smallest absolute Gasteiger partial charge is 0.239 e. The van der Waals surface area contributed by atoms with E-state index < -0.39 is 0 Å². The molecular formula is C15H19N3O. The second-order valence-corrected chi connectivity index (χ2v) is 4.31. The molecule has 4 heteroatoms. The fraction of sp³-hybridized carbons (Fsp3) is 0.267. The first-order valence-corrected chi connectivity index (χ1v) is 6.40. The highest BCUT2D eigenvalue weighted by Gasteiger charge is 2.09. The van der Waals surface area contributed by atoms with Gasteiger partial charge in [0.25, 0.3) is 0 Å². The van der Waals surface area contributed by atoms with E-state index in [-0.39, 0.29) is 0 Å². The zero-order valence-electron chi connectivity index (χ0n) is 11.3. The van der Waals surface area contributed by atoms with Gasteiger partial charge in [-0.25, -0.2) is 0 Å². The third-order valence-corrected chi connectivity index (χ3v) is 2.81. The number of para-hydroxylation sites is 1. The minimum atomic E-state index is 0.502. The fourth-order valence-corrected chi connectivity index (χ4v) is 1.73. The number of nitrogens with two attached hydrogens (primary N) is 1. The summed E-state index contributed by atoms with van der Waals surface area (Å²) in [6.07, 6.45) is 0.930. The number of aromatic nitrogens is 1. The summed E-state index contributed by atoms with van der Waals surface area (Å²) in [6, 6.07) is 13.8. The largest absolute Gasteiger partial charge is 0.476 e. The Balaban J connectivity index is 2.25. The zero-order chi connectivity index (χ0) is 13.7. The predicted molar refractivity (Wildman–Crippen MR) is 78.9 cm³/mol. The van der Waals surface area contributed by atoms with Crippen LogP contribution in [0.3, 0.4) is 0 Å². The van der Waals surface area contributed by atoms with Gasteiger partial charge >= 0.3 is 0 Å². The van der Waals surface area contributed by atoms with E-state index in [1.807, 2.05) is 54.4 Å². The topological polar surface area (TPSA) is 51.4 Å². The van der Waals surface area contributed by atoms with Crippen molar-refractivity contribution in [3.05, 3.63) is 42.5 Å². The van der Waals surface area contributed by atoms with Crippen LogP contribution in [0.2, 0.25) is 0 Å². The summed E-state index contributed by atoms with van der Waals surface area (Å²) >= 11 is 0. The number of nitrogens with zero attached hydrogens (tertiary/aromatic N) is 2. The van der Waals surface area contributed by atoms with Crippen molar-refractivity contribution in [3.8, 4) is 5.88 Å². The molecule has 1 aromatic heterocycles. The zero-order valence-corrected chi connectivity index (χ0v) is 11.3. The van der Waals surface area contributed by atoms with E-state index in [0.29, 0.717) is 18.2 Å². The van der Waals surface area contributed by atoms with Gasteiger partial charge in [-0.1, -0.05) is 25.1 Å². The Bertz CT molecular complexity index is 528. The van der Waals surface area contributed by atoms with E-state index in [1.165, 1.54) is 0 Å². The molecule has 4 nitrogen and oxygen atoms in total. The first kappa shape index (κ1) is 13.2. The molecule has 0 amide bonds. The average Bonchev–Trinajstić information content (AvgIpc) is 2.46. The maximum absolute atomic E-state index is 5.86. The molecule has 0 aliphatic rings. The summed E-state index contributed by atoms with van der Waals surface area (Å²) in [4.78, 5) is 6.46. The summed E-state index contributed by atoms with van der Waals surface area (Å²) in [7, 11) is 1.97. The van der Waals surface area contributed by atoms with Crippen LogP contribution in [-0.4, -0.2) is 18.6 Å². The van der Waals surface area contributed by atoms with E-state index in [9.17, 15) is 0 Å². The molecular weight excluding hydrogens is 238 g/mol. The third-order valence-electron chi connectivity index (χ3n) is 2.81. The van der Waals surface area contributed by atoms with Gasteiger partial charge in [-0.2, -0.15) is 4.98 Å². The van der Waals surface area contributed by atoms with Gasteiger partial charge in [0.15, 0.2) is 0 Å². The quantitative estimate of drug-likeness (QED) is 0.893. The molecule has 0 unspecified atom stereocenters. The average molecular weight is 257 g/mol. The molecule has 0 saturated carbocycles. The molecule has 0 saturated heterocycles. The molecule has 1 aromatic carbocycles. The van der Waals surface area contributed by atoms with Crippen LogP contribution in [0.4, 0.5) is 17.2 Å². The number of nitrogen functional groups attached to an aromatic ring is 1. The van der Waals surface area contributed by atoms with E-state index in [1.54, 1.807) is 0 Å². The number of ether oxygens (including phenoxy) is 1. The molecule has 2 N–H and O–H groups in total. The van der Waals surface area contributed by atoms with Crippen molar-refractivity contribution < 1.29 is 4.74 Å². The first-order valence-electron chi connectivity index (χ1n) is 6.40. The highest BCUT2D eigenvalue weighted by atomic mass is 16.5. The Labute approximate surface area is 113 Å². The lowest BCUT2D eigenvalue weighted by atomic mass is 10.3. The Morgan fingerprint density at radius 2 is 1.89 bits per heavy atom. The minimum absolute atomic E-state index is 0.502.